The molecule has 0 heterocycles. The summed E-state index contributed by atoms with van der Waals surface area (Å²) in [5.41, 5.74) is 0.0390. The van der Waals surface area contributed by atoms with Crippen LogP contribution in [0.1, 0.15) is 53.4 Å². The minimum atomic E-state index is -0.167. The van der Waals surface area contributed by atoms with Gasteiger partial charge in [0.25, 0.3) is 0 Å². The average molecular weight is 224 g/mol. The minimum absolute atomic E-state index is 0.0257. The van der Waals surface area contributed by atoms with Crippen LogP contribution in [0, 0.1) is 11.3 Å². The summed E-state index contributed by atoms with van der Waals surface area (Å²) in [5.74, 6) is 0.366. The molecular weight excluding hydrogens is 200 g/mol. The van der Waals surface area contributed by atoms with Crippen molar-refractivity contribution in [2.75, 3.05) is 0 Å². The zero-order valence-corrected chi connectivity index (χ0v) is 11.0. The number of ether oxygens (including phenoxy) is 1. The maximum Gasteiger partial charge on any atom is 0.302 e. The maximum absolute atomic E-state index is 11.1. The van der Waals surface area contributed by atoms with Crippen molar-refractivity contribution in [3.63, 3.8) is 0 Å². The molecule has 2 heteroatoms. The number of esters is 1. The van der Waals surface area contributed by atoms with E-state index in [-0.39, 0.29) is 17.5 Å². The van der Waals surface area contributed by atoms with E-state index in [1.807, 2.05) is 0 Å². The summed E-state index contributed by atoms with van der Waals surface area (Å²) in [6.07, 6.45) is 9.13. The molecule has 1 aliphatic rings. The summed E-state index contributed by atoms with van der Waals surface area (Å²) in [5, 5.41) is 0. The van der Waals surface area contributed by atoms with E-state index < -0.39 is 0 Å². The van der Waals surface area contributed by atoms with Gasteiger partial charge < -0.3 is 4.74 Å². The second-order valence-electron chi connectivity index (χ2n) is 5.29. The van der Waals surface area contributed by atoms with Gasteiger partial charge in [0.2, 0.25) is 0 Å². The molecule has 0 fully saturated rings. The fourth-order valence-corrected chi connectivity index (χ4v) is 2.63. The zero-order valence-electron chi connectivity index (χ0n) is 11.0. The lowest BCUT2D eigenvalue weighted by molar-refractivity contribution is -0.154. The van der Waals surface area contributed by atoms with Crippen molar-refractivity contribution in [1.29, 1.82) is 0 Å². The van der Waals surface area contributed by atoms with Gasteiger partial charge in [-0.3, -0.25) is 4.79 Å². The molecule has 0 radical (unpaired) electrons. The van der Waals surface area contributed by atoms with E-state index in [0.717, 1.165) is 6.42 Å². The molecule has 1 aliphatic carbocycles. The Morgan fingerprint density at radius 2 is 2.25 bits per heavy atom. The summed E-state index contributed by atoms with van der Waals surface area (Å²) in [4.78, 5) is 11.1. The molecule has 2 atom stereocenters. The first-order chi connectivity index (χ1) is 7.48. The number of carbonyl (C=O) groups is 1. The van der Waals surface area contributed by atoms with Gasteiger partial charge in [0.15, 0.2) is 0 Å². The highest BCUT2D eigenvalue weighted by Gasteiger charge is 2.37. The Labute approximate surface area is 99.1 Å². The predicted molar refractivity (Wildman–Crippen MR) is 66.1 cm³/mol. The van der Waals surface area contributed by atoms with Gasteiger partial charge in [-0.2, -0.15) is 0 Å². The molecule has 0 aromatic carbocycles. The average Bonchev–Trinajstić information content (AvgIpc) is 2.26. The van der Waals surface area contributed by atoms with E-state index in [2.05, 4.69) is 32.9 Å². The normalized spacial score (nSPS) is 22.9. The van der Waals surface area contributed by atoms with E-state index in [1.165, 1.54) is 26.2 Å². The second kappa shape index (κ2) is 5.51. The SMILES string of the molecule is CC[C@@H](OC(C)=O)C(C)(C)[C@@H]1C=CCCC1. The van der Waals surface area contributed by atoms with Crippen LogP contribution in [0.5, 0.6) is 0 Å². The van der Waals surface area contributed by atoms with Gasteiger partial charge in [-0.05, 0) is 31.6 Å². The monoisotopic (exact) mass is 224 g/mol. The lowest BCUT2D eigenvalue weighted by atomic mass is 9.70. The number of hydrogen-bond donors (Lipinski definition) is 0. The Morgan fingerprint density at radius 3 is 2.69 bits per heavy atom. The highest BCUT2D eigenvalue weighted by molar-refractivity contribution is 5.66. The Balaban J connectivity index is 2.75. The molecule has 0 amide bonds. The van der Waals surface area contributed by atoms with Crippen LogP contribution < -0.4 is 0 Å². The quantitative estimate of drug-likeness (QED) is 0.537. The van der Waals surface area contributed by atoms with Crippen LogP contribution in [0.25, 0.3) is 0 Å². The van der Waals surface area contributed by atoms with Gasteiger partial charge >= 0.3 is 5.97 Å². The lowest BCUT2D eigenvalue weighted by Crippen LogP contribution is -2.39. The molecule has 0 unspecified atom stereocenters. The summed E-state index contributed by atoms with van der Waals surface area (Å²) in [6, 6.07) is 0. The smallest absolute Gasteiger partial charge is 0.302 e. The number of allylic oxidation sites excluding steroid dienone is 2. The Kier molecular flexibility index (Phi) is 4.57. The summed E-state index contributed by atoms with van der Waals surface area (Å²) in [6.45, 7) is 8.01. The Bertz CT molecular complexity index is 266. The molecule has 0 N–H and O–H groups in total. The molecule has 0 bridgehead atoms. The fraction of sp³-hybridized carbons (Fsp3) is 0.786. The van der Waals surface area contributed by atoms with Gasteiger partial charge in [0, 0.05) is 12.3 Å². The van der Waals surface area contributed by atoms with Gasteiger partial charge in [-0.25, -0.2) is 0 Å². The third-order valence-corrected chi connectivity index (χ3v) is 3.72. The molecule has 0 aromatic heterocycles. The van der Waals surface area contributed by atoms with Crippen LogP contribution in [0.3, 0.4) is 0 Å². The zero-order chi connectivity index (χ0) is 12.2. The molecular formula is C14H24O2. The first kappa shape index (κ1) is 13.3. The largest absolute Gasteiger partial charge is 0.462 e. The Morgan fingerprint density at radius 1 is 1.56 bits per heavy atom. The molecule has 0 saturated carbocycles. The number of hydrogen-bond acceptors (Lipinski definition) is 2. The summed E-state index contributed by atoms with van der Waals surface area (Å²) in [7, 11) is 0. The van der Waals surface area contributed by atoms with Gasteiger partial charge in [-0.15, -0.1) is 0 Å². The standard InChI is InChI=1S/C14H24O2/c1-5-13(16-11(2)15)14(3,4)12-9-7-6-8-10-12/h7,9,12-13H,5-6,8,10H2,1-4H3/t12-,13-/m1/s1. The van der Waals surface area contributed by atoms with Crippen molar-refractivity contribution in [2.24, 2.45) is 11.3 Å². The Hall–Kier alpha value is -0.790. The molecule has 0 aliphatic heterocycles. The van der Waals surface area contributed by atoms with Crippen LogP contribution in [0.2, 0.25) is 0 Å². The van der Waals surface area contributed by atoms with E-state index in [9.17, 15) is 4.79 Å². The first-order valence-electron chi connectivity index (χ1n) is 6.32. The van der Waals surface area contributed by atoms with Crippen molar-refractivity contribution in [3.8, 4) is 0 Å². The topological polar surface area (TPSA) is 26.3 Å². The van der Waals surface area contributed by atoms with Crippen molar-refractivity contribution in [3.05, 3.63) is 12.2 Å². The highest BCUT2D eigenvalue weighted by atomic mass is 16.5. The van der Waals surface area contributed by atoms with Gasteiger partial charge in [0.1, 0.15) is 6.10 Å². The lowest BCUT2D eigenvalue weighted by Gasteiger charge is -2.39. The van der Waals surface area contributed by atoms with Crippen molar-refractivity contribution in [1.82, 2.24) is 0 Å². The molecule has 1 rings (SSSR count). The van der Waals surface area contributed by atoms with Crippen LogP contribution in [-0.2, 0) is 9.53 Å². The number of rotatable bonds is 4. The maximum atomic E-state index is 11.1. The van der Waals surface area contributed by atoms with E-state index in [0.29, 0.717) is 5.92 Å². The third-order valence-electron chi connectivity index (χ3n) is 3.72. The predicted octanol–water partition coefficient (Wildman–Crippen LogP) is 3.71. The van der Waals surface area contributed by atoms with Crippen molar-refractivity contribution in [2.45, 2.75) is 59.5 Å². The van der Waals surface area contributed by atoms with E-state index >= 15 is 0 Å². The van der Waals surface area contributed by atoms with Crippen LogP contribution in [0.15, 0.2) is 12.2 Å². The molecule has 16 heavy (non-hydrogen) atoms. The molecule has 0 saturated heterocycles. The van der Waals surface area contributed by atoms with Crippen LogP contribution in [0.4, 0.5) is 0 Å². The van der Waals surface area contributed by atoms with Gasteiger partial charge in [-0.1, -0.05) is 32.9 Å². The van der Waals surface area contributed by atoms with Gasteiger partial charge in [0.05, 0.1) is 0 Å². The highest BCUT2D eigenvalue weighted by Crippen LogP contribution is 2.39. The van der Waals surface area contributed by atoms with E-state index in [1.54, 1.807) is 0 Å². The molecule has 0 aromatic rings. The molecule has 2 nitrogen and oxygen atoms in total. The third kappa shape index (κ3) is 3.10. The minimum Gasteiger partial charge on any atom is -0.462 e. The van der Waals surface area contributed by atoms with E-state index in [4.69, 9.17) is 4.74 Å². The summed E-state index contributed by atoms with van der Waals surface area (Å²) < 4.78 is 5.44. The van der Waals surface area contributed by atoms with Crippen molar-refractivity contribution < 1.29 is 9.53 Å². The van der Waals surface area contributed by atoms with Crippen LogP contribution >= 0.6 is 0 Å². The number of carbonyl (C=O) groups excluding carboxylic acids is 1. The molecule has 92 valence electrons. The first-order valence-corrected chi connectivity index (χ1v) is 6.32. The van der Waals surface area contributed by atoms with Crippen molar-refractivity contribution >= 4 is 5.97 Å². The second-order valence-corrected chi connectivity index (χ2v) is 5.29. The summed E-state index contributed by atoms with van der Waals surface area (Å²) >= 11 is 0. The van der Waals surface area contributed by atoms with Crippen LogP contribution in [-0.4, -0.2) is 12.1 Å². The molecule has 0 spiro atoms. The fourth-order valence-electron chi connectivity index (χ4n) is 2.63.